The van der Waals surface area contributed by atoms with Crippen LogP contribution in [-0.2, 0) is 0 Å². The van der Waals surface area contributed by atoms with Gasteiger partial charge in [0.2, 0.25) is 0 Å². The van der Waals surface area contributed by atoms with Crippen molar-refractivity contribution in [2.24, 2.45) is 0 Å². The van der Waals surface area contributed by atoms with Crippen LogP contribution < -0.4 is 0 Å². The minimum Gasteiger partial charge on any atom is -0.309 e. The van der Waals surface area contributed by atoms with Gasteiger partial charge in [0.15, 0.2) is 17.5 Å². The van der Waals surface area contributed by atoms with Gasteiger partial charge in [-0.15, -0.1) is 22.7 Å². The Balaban J connectivity index is 1.09. The van der Waals surface area contributed by atoms with Gasteiger partial charge in [-0.1, -0.05) is 128 Å². The maximum absolute atomic E-state index is 5.23. The Morgan fingerprint density at radius 3 is 1.91 bits per heavy atom. The van der Waals surface area contributed by atoms with Crippen molar-refractivity contribution in [3.8, 4) is 51.0 Å². The number of thiophene rings is 2. The molecule has 0 bridgehead atoms. The van der Waals surface area contributed by atoms with Crippen molar-refractivity contribution >= 4 is 80.8 Å². The summed E-state index contributed by atoms with van der Waals surface area (Å²) in [7, 11) is 0. The Labute approximate surface area is 343 Å². The van der Waals surface area contributed by atoms with E-state index in [-0.39, 0.29) is 0 Å². The first-order valence-corrected chi connectivity index (χ1v) is 20.9. The second-order valence-corrected chi connectivity index (χ2v) is 16.7. The van der Waals surface area contributed by atoms with Gasteiger partial charge in [0.05, 0.1) is 11.0 Å². The van der Waals surface area contributed by atoms with E-state index in [2.05, 4.69) is 164 Å². The van der Waals surface area contributed by atoms with Gasteiger partial charge in [-0.05, 0) is 72.6 Å². The average Bonchev–Trinajstić information content (AvgIpc) is 3.93. The first kappa shape index (κ1) is 34.3. The number of aromatic nitrogens is 4. The summed E-state index contributed by atoms with van der Waals surface area (Å²) < 4.78 is 6.04. The maximum Gasteiger partial charge on any atom is 0.165 e. The van der Waals surface area contributed by atoms with E-state index >= 15 is 0 Å². The van der Waals surface area contributed by atoms with E-state index in [1.165, 1.54) is 68.9 Å². The lowest BCUT2D eigenvalue weighted by molar-refractivity contribution is 1.08. The third kappa shape index (κ3) is 5.60. The Bertz CT molecular complexity index is 3430. The van der Waals surface area contributed by atoms with Crippen molar-refractivity contribution in [3.05, 3.63) is 187 Å². The molecule has 4 nitrogen and oxygen atoms in total. The predicted molar refractivity (Wildman–Crippen MR) is 248 cm³/mol. The summed E-state index contributed by atoms with van der Waals surface area (Å²) in [6.07, 6.45) is 5.94. The maximum atomic E-state index is 5.23. The SMILES string of the molecule is C=C/C=C\c1c(C)sc2c(-c3nc(-c4ccccc4)nc(-c4ccc5sc6ccc(-c7cccc8c9ccccc9n(-c9ccccc9)c78)cc6c5c4)n3)cccc12. The summed E-state index contributed by atoms with van der Waals surface area (Å²) in [5.41, 5.74) is 10.0. The van der Waals surface area contributed by atoms with Gasteiger partial charge in [-0.2, -0.15) is 0 Å². The van der Waals surface area contributed by atoms with Gasteiger partial charge >= 0.3 is 0 Å². The van der Waals surface area contributed by atoms with E-state index in [9.17, 15) is 0 Å². The molecule has 58 heavy (non-hydrogen) atoms. The molecular formula is C52H34N4S2. The van der Waals surface area contributed by atoms with Crippen molar-refractivity contribution in [1.82, 2.24) is 19.5 Å². The van der Waals surface area contributed by atoms with Gasteiger partial charge in [-0.3, -0.25) is 0 Å². The van der Waals surface area contributed by atoms with Crippen molar-refractivity contribution in [2.75, 3.05) is 0 Å². The highest BCUT2D eigenvalue weighted by Crippen LogP contribution is 2.43. The number of hydrogen-bond donors (Lipinski definition) is 0. The zero-order valence-corrected chi connectivity index (χ0v) is 33.2. The Kier molecular flexibility index (Phi) is 8.21. The number of benzene rings is 7. The molecular weight excluding hydrogens is 745 g/mol. The largest absolute Gasteiger partial charge is 0.309 e. The summed E-state index contributed by atoms with van der Waals surface area (Å²) >= 11 is 3.59. The van der Waals surface area contributed by atoms with Crippen molar-refractivity contribution in [1.29, 1.82) is 0 Å². The molecule has 274 valence electrons. The molecule has 0 saturated heterocycles. The van der Waals surface area contributed by atoms with Crippen molar-refractivity contribution in [2.45, 2.75) is 6.92 Å². The lowest BCUT2D eigenvalue weighted by atomic mass is 9.99. The summed E-state index contributed by atoms with van der Waals surface area (Å²) in [6.45, 7) is 6.05. The first-order valence-electron chi connectivity index (χ1n) is 19.3. The van der Waals surface area contributed by atoms with Crippen LogP contribution in [0.3, 0.4) is 0 Å². The lowest BCUT2D eigenvalue weighted by Gasteiger charge is -2.12. The minimum atomic E-state index is 0.649. The molecule has 0 fully saturated rings. The zero-order chi connectivity index (χ0) is 38.7. The number of allylic oxidation sites excluding steroid dienone is 2. The highest BCUT2D eigenvalue weighted by atomic mass is 32.1. The fourth-order valence-corrected chi connectivity index (χ4v) is 10.5. The molecule has 11 aromatic rings. The van der Waals surface area contributed by atoms with Crippen LogP contribution in [-0.4, -0.2) is 19.5 Å². The van der Waals surface area contributed by atoms with Crippen LogP contribution >= 0.6 is 22.7 Å². The molecule has 0 aliphatic rings. The molecule has 0 saturated carbocycles. The number of rotatable bonds is 7. The van der Waals surface area contributed by atoms with Gasteiger partial charge in [0, 0.05) is 73.8 Å². The number of hydrogen-bond acceptors (Lipinski definition) is 5. The molecule has 0 radical (unpaired) electrons. The molecule has 0 unspecified atom stereocenters. The van der Waals surface area contributed by atoms with Crippen LogP contribution in [0.2, 0.25) is 0 Å². The van der Waals surface area contributed by atoms with Crippen LogP contribution in [0.25, 0.3) is 109 Å². The smallest absolute Gasteiger partial charge is 0.165 e. The van der Waals surface area contributed by atoms with Crippen LogP contribution in [0, 0.1) is 6.92 Å². The summed E-state index contributed by atoms with van der Waals surface area (Å²) in [6, 6.07) is 56.2. The summed E-state index contributed by atoms with van der Waals surface area (Å²) in [5, 5.41) is 6.08. The molecule has 4 heterocycles. The molecule has 0 amide bonds. The Morgan fingerprint density at radius 1 is 0.517 bits per heavy atom. The summed E-state index contributed by atoms with van der Waals surface area (Å²) in [4.78, 5) is 16.7. The normalized spacial score (nSPS) is 11.9. The number of fused-ring (bicyclic) bond motifs is 7. The van der Waals surface area contributed by atoms with Crippen LogP contribution in [0.5, 0.6) is 0 Å². The summed E-state index contributed by atoms with van der Waals surface area (Å²) in [5.74, 6) is 1.96. The molecule has 0 aliphatic carbocycles. The fourth-order valence-electron chi connectivity index (χ4n) is 8.33. The number of nitrogens with zero attached hydrogens (tertiary/aromatic N) is 4. The first-order chi connectivity index (χ1) is 28.6. The number of para-hydroxylation sites is 3. The molecule has 7 aromatic carbocycles. The van der Waals surface area contributed by atoms with Gasteiger partial charge < -0.3 is 4.57 Å². The lowest BCUT2D eigenvalue weighted by Crippen LogP contribution is -2.00. The average molecular weight is 779 g/mol. The highest BCUT2D eigenvalue weighted by molar-refractivity contribution is 7.25. The molecule has 0 atom stereocenters. The van der Waals surface area contributed by atoms with Gasteiger partial charge in [0.1, 0.15) is 0 Å². The van der Waals surface area contributed by atoms with Crippen LogP contribution in [0.4, 0.5) is 0 Å². The topological polar surface area (TPSA) is 43.6 Å². The quantitative estimate of drug-likeness (QED) is 0.151. The molecule has 6 heteroatoms. The van der Waals surface area contributed by atoms with Gasteiger partial charge in [0.25, 0.3) is 0 Å². The van der Waals surface area contributed by atoms with Crippen LogP contribution in [0.1, 0.15) is 10.4 Å². The molecule has 0 N–H and O–H groups in total. The van der Waals surface area contributed by atoms with Crippen molar-refractivity contribution < 1.29 is 0 Å². The van der Waals surface area contributed by atoms with E-state index in [0.717, 1.165) is 27.1 Å². The van der Waals surface area contributed by atoms with Crippen molar-refractivity contribution in [3.63, 3.8) is 0 Å². The molecule has 0 spiro atoms. The molecule has 0 aliphatic heterocycles. The monoisotopic (exact) mass is 778 g/mol. The Hall–Kier alpha value is -6.99. The van der Waals surface area contributed by atoms with E-state index < -0.39 is 0 Å². The fraction of sp³-hybridized carbons (Fsp3) is 0.0192. The van der Waals surface area contributed by atoms with Gasteiger partial charge in [-0.25, -0.2) is 15.0 Å². The third-order valence-corrected chi connectivity index (χ3v) is 13.3. The Morgan fingerprint density at radius 2 is 1.14 bits per heavy atom. The standard InChI is InChI=1S/C52H34N4S2/c1-3-4-19-37-32(2)57-49-41(37)23-14-24-42(49)52-54-50(33-15-7-5-8-16-33)53-51(55-52)35-27-29-47-44(31-35)43-30-34(26-28-46(43)58-47)38-21-13-22-40-39-20-11-12-25-45(39)56(48(38)40)36-17-9-6-10-18-36/h3-31H,1H2,2H3/b19-4-. The van der Waals surface area contributed by atoms with E-state index in [0.29, 0.717) is 17.5 Å². The van der Waals surface area contributed by atoms with E-state index in [1.54, 1.807) is 11.3 Å². The predicted octanol–water partition coefficient (Wildman–Crippen LogP) is 14.7. The second kappa shape index (κ2) is 13.9. The minimum absolute atomic E-state index is 0.649. The molecule has 11 rings (SSSR count). The number of aryl methyl sites for hydroxylation is 1. The highest BCUT2D eigenvalue weighted by Gasteiger charge is 2.20. The second-order valence-electron chi connectivity index (χ2n) is 14.4. The van der Waals surface area contributed by atoms with E-state index in [1.807, 2.05) is 41.7 Å². The van der Waals surface area contributed by atoms with Crippen LogP contribution in [0.15, 0.2) is 176 Å². The van der Waals surface area contributed by atoms with E-state index in [4.69, 9.17) is 15.0 Å². The third-order valence-electron chi connectivity index (χ3n) is 11.0. The molecule has 4 aromatic heterocycles. The zero-order valence-electron chi connectivity index (χ0n) is 31.6.